The SMILES string of the molecule is CCCOc1ccc(C(O)CN(C)CCCN(C)C)cc1. The molecule has 0 fully saturated rings. The third-order valence-corrected chi connectivity index (χ3v) is 3.37. The predicted octanol–water partition coefficient (Wildman–Crippen LogP) is 2.39. The van der Waals surface area contributed by atoms with Crippen molar-refractivity contribution < 1.29 is 9.84 Å². The van der Waals surface area contributed by atoms with Gasteiger partial charge in [-0.15, -0.1) is 0 Å². The lowest BCUT2D eigenvalue weighted by Gasteiger charge is -2.21. The maximum atomic E-state index is 10.3. The molecule has 1 N–H and O–H groups in total. The highest BCUT2D eigenvalue weighted by Gasteiger charge is 2.10. The Morgan fingerprint density at radius 2 is 1.76 bits per heavy atom. The summed E-state index contributed by atoms with van der Waals surface area (Å²) >= 11 is 0. The molecule has 4 heteroatoms. The van der Waals surface area contributed by atoms with E-state index in [0.717, 1.165) is 43.9 Å². The van der Waals surface area contributed by atoms with Crippen LogP contribution in [0.25, 0.3) is 0 Å². The molecule has 0 aromatic heterocycles. The molecule has 0 amide bonds. The summed E-state index contributed by atoms with van der Waals surface area (Å²) < 4.78 is 5.55. The Hall–Kier alpha value is -1.10. The summed E-state index contributed by atoms with van der Waals surface area (Å²) in [6, 6.07) is 7.76. The lowest BCUT2D eigenvalue weighted by atomic mass is 10.1. The molecule has 0 aliphatic carbocycles. The normalized spacial score (nSPS) is 12.9. The van der Waals surface area contributed by atoms with Crippen LogP contribution in [0.2, 0.25) is 0 Å². The molecule has 21 heavy (non-hydrogen) atoms. The fourth-order valence-corrected chi connectivity index (χ4v) is 2.15. The van der Waals surface area contributed by atoms with Gasteiger partial charge in [0.1, 0.15) is 5.75 Å². The molecule has 0 saturated heterocycles. The molecule has 0 heterocycles. The molecule has 0 bridgehead atoms. The first-order valence-corrected chi connectivity index (χ1v) is 7.77. The van der Waals surface area contributed by atoms with Gasteiger partial charge in [0.2, 0.25) is 0 Å². The Bertz CT molecular complexity index is 379. The van der Waals surface area contributed by atoms with Gasteiger partial charge < -0.3 is 19.6 Å². The number of hydrogen-bond donors (Lipinski definition) is 1. The number of likely N-dealkylation sites (N-methyl/N-ethyl adjacent to an activating group) is 1. The van der Waals surface area contributed by atoms with Crippen LogP contribution in [0.1, 0.15) is 31.4 Å². The highest BCUT2D eigenvalue weighted by atomic mass is 16.5. The van der Waals surface area contributed by atoms with Crippen LogP contribution in [0.5, 0.6) is 5.75 Å². The van der Waals surface area contributed by atoms with Gasteiger partial charge in [-0.05, 0) is 64.8 Å². The summed E-state index contributed by atoms with van der Waals surface area (Å²) in [4.78, 5) is 4.36. The van der Waals surface area contributed by atoms with Crippen molar-refractivity contribution >= 4 is 0 Å². The summed E-state index contributed by atoms with van der Waals surface area (Å²) in [5.74, 6) is 0.868. The number of rotatable bonds is 10. The van der Waals surface area contributed by atoms with Crippen LogP contribution in [0, 0.1) is 0 Å². The Morgan fingerprint density at radius 1 is 1.10 bits per heavy atom. The Labute approximate surface area is 129 Å². The zero-order valence-electron chi connectivity index (χ0n) is 13.9. The summed E-state index contributed by atoms with van der Waals surface area (Å²) in [6.45, 7) is 5.54. The number of aliphatic hydroxyl groups is 1. The molecule has 4 nitrogen and oxygen atoms in total. The zero-order chi connectivity index (χ0) is 15.7. The number of hydrogen-bond acceptors (Lipinski definition) is 4. The molecule has 0 radical (unpaired) electrons. The molecular weight excluding hydrogens is 264 g/mol. The van der Waals surface area contributed by atoms with Crippen LogP contribution in [-0.2, 0) is 0 Å². The van der Waals surface area contributed by atoms with Crippen LogP contribution < -0.4 is 4.74 Å². The van der Waals surface area contributed by atoms with Crippen molar-refractivity contribution in [3.05, 3.63) is 29.8 Å². The van der Waals surface area contributed by atoms with Gasteiger partial charge in [-0.2, -0.15) is 0 Å². The van der Waals surface area contributed by atoms with Gasteiger partial charge in [-0.3, -0.25) is 0 Å². The molecule has 0 aliphatic rings. The van der Waals surface area contributed by atoms with Gasteiger partial charge in [0, 0.05) is 6.54 Å². The fourth-order valence-electron chi connectivity index (χ4n) is 2.15. The van der Waals surface area contributed by atoms with E-state index in [9.17, 15) is 5.11 Å². The van der Waals surface area contributed by atoms with E-state index < -0.39 is 6.10 Å². The molecule has 0 saturated carbocycles. The van der Waals surface area contributed by atoms with Crippen molar-refractivity contribution in [2.24, 2.45) is 0 Å². The van der Waals surface area contributed by atoms with Crippen LogP contribution in [0.4, 0.5) is 0 Å². The van der Waals surface area contributed by atoms with E-state index >= 15 is 0 Å². The molecule has 1 aromatic carbocycles. The van der Waals surface area contributed by atoms with Gasteiger partial charge in [-0.1, -0.05) is 19.1 Å². The number of benzene rings is 1. The van der Waals surface area contributed by atoms with Gasteiger partial charge in [-0.25, -0.2) is 0 Å². The van der Waals surface area contributed by atoms with Crippen LogP contribution in [0.15, 0.2) is 24.3 Å². The largest absolute Gasteiger partial charge is 0.494 e. The number of aliphatic hydroxyl groups excluding tert-OH is 1. The van der Waals surface area contributed by atoms with E-state index in [-0.39, 0.29) is 0 Å². The van der Waals surface area contributed by atoms with Crippen molar-refractivity contribution in [3.8, 4) is 5.75 Å². The van der Waals surface area contributed by atoms with Gasteiger partial charge in [0.15, 0.2) is 0 Å². The van der Waals surface area contributed by atoms with Crippen LogP contribution >= 0.6 is 0 Å². The van der Waals surface area contributed by atoms with Crippen molar-refractivity contribution in [1.82, 2.24) is 9.80 Å². The second-order valence-corrected chi connectivity index (χ2v) is 5.85. The van der Waals surface area contributed by atoms with Crippen molar-refractivity contribution in [2.45, 2.75) is 25.9 Å². The van der Waals surface area contributed by atoms with Crippen molar-refractivity contribution in [2.75, 3.05) is 47.4 Å². The Balaban J connectivity index is 2.38. The van der Waals surface area contributed by atoms with E-state index in [4.69, 9.17) is 4.74 Å². The summed E-state index contributed by atoms with van der Waals surface area (Å²) in [5, 5.41) is 10.3. The number of ether oxygens (including phenoxy) is 1. The molecular formula is C17H30N2O2. The average molecular weight is 294 g/mol. The average Bonchev–Trinajstić information content (AvgIpc) is 2.45. The summed E-state index contributed by atoms with van der Waals surface area (Å²) in [5.41, 5.74) is 0.943. The van der Waals surface area contributed by atoms with E-state index in [2.05, 4.69) is 37.9 Å². The molecule has 0 spiro atoms. The summed E-state index contributed by atoms with van der Waals surface area (Å²) in [7, 11) is 6.21. The molecule has 1 atom stereocenters. The highest BCUT2D eigenvalue weighted by molar-refractivity contribution is 5.28. The summed E-state index contributed by atoms with van der Waals surface area (Å²) in [6.07, 6.45) is 1.66. The van der Waals surface area contributed by atoms with Crippen LogP contribution in [-0.4, -0.2) is 62.3 Å². The monoisotopic (exact) mass is 294 g/mol. The first kappa shape index (κ1) is 18.0. The Morgan fingerprint density at radius 3 is 2.33 bits per heavy atom. The minimum Gasteiger partial charge on any atom is -0.494 e. The third-order valence-electron chi connectivity index (χ3n) is 3.37. The quantitative estimate of drug-likeness (QED) is 0.719. The van der Waals surface area contributed by atoms with E-state index in [1.807, 2.05) is 24.3 Å². The second kappa shape index (κ2) is 9.77. The van der Waals surface area contributed by atoms with Gasteiger partial charge in [0.05, 0.1) is 12.7 Å². The third kappa shape index (κ3) is 7.46. The smallest absolute Gasteiger partial charge is 0.119 e. The minimum absolute atomic E-state index is 0.449. The first-order chi connectivity index (χ1) is 10.0. The van der Waals surface area contributed by atoms with Gasteiger partial charge in [0.25, 0.3) is 0 Å². The van der Waals surface area contributed by atoms with Gasteiger partial charge >= 0.3 is 0 Å². The molecule has 1 aromatic rings. The zero-order valence-corrected chi connectivity index (χ0v) is 13.9. The standard InChI is InChI=1S/C17H30N2O2/c1-5-13-21-16-9-7-15(8-10-16)17(20)14-19(4)12-6-11-18(2)3/h7-10,17,20H,5-6,11-14H2,1-4H3. The van der Waals surface area contributed by atoms with Crippen LogP contribution in [0.3, 0.4) is 0 Å². The first-order valence-electron chi connectivity index (χ1n) is 7.77. The van der Waals surface area contributed by atoms with E-state index in [0.29, 0.717) is 6.54 Å². The Kier molecular flexibility index (Phi) is 8.35. The van der Waals surface area contributed by atoms with Crippen molar-refractivity contribution in [3.63, 3.8) is 0 Å². The van der Waals surface area contributed by atoms with Crippen molar-refractivity contribution in [1.29, 1.82) is 0 Å². The maximum absolute atomic E-state index is 10.3. The maximum Gasteiger partial charge on any atom is 0.119 e. The second-order valence-electron chi connectivity index (χ2n) is 5.85. The molecule has 1 rings (SSSR count). The molecule has 0 aliphatic heterocycles. The molecule has 120 valence electrons. The lowest BCUT2D eigenvalue weighted by Crippen LogP contribution is -2.27. The minimum atomic E-state index is -0.449. The lowest BCUT2D eigenvalue weighted by molar-refractivity contribution is 0.125. The van der Waals surface area contributed by atoms with E-state index in [1.165, 1.54) is 0 Å². The number of nitrogens with zero attached hydrogens (tertiary/aromatic N) is 2. The predicted molar refractivity (Wildman–Crippen MR) is 87.9 cm³/mol. The fraction of sp³-hybridized carbons (Fsp3) is 0.647. The highest BCUT2D eigenvalue weighted by Crippen LogP contribution is 2.18. The topological polar surface area (TPSA) is 35.9 Å². The molecule has 1 unspecified atom stereocenters. The van der Waals surface area contributed by atoms with E-state index in [1.54, 1.807) is 0 Å².